The van der Waals surface area contributed by atoms with Gasteiger partial charge in [0.05, 0.1) is 18.4 Å². The number of benzene rings is 2. The van der Waals surface area contributed by atoms with Crippen molar-refractivity contribution in [3.63, 3.8) is 0 Å². The summed E-state index contributed by atoms with van der Waals surface area (Å²) in [4.78, 5) is 16.5. The first-order chi connectivity index (χ1) is 13.9. The van der Waals surface area contributed by atoms with Crippen molar-refractivity contribution < 1.29 is 27.0 Å². The van der Waals surface area contributed by atoms with Crippen LogP contribution in [0.25, 0.3) is 6.08 Å². The van der Waals surface area contributed by atoms with Gasteiger partial charge in [0.2, 0.25) is 0 Å². The number of allylic oxidation sites excluding steroid dienone is 1. The van der Waals surface area contributed by atoms with Crippen molar-refractivity contribution in [2.24, 2.45) is 5.16 Å². The molecule has 0 aliphatic carbocycles. The predicted molar refractivity (Wildman–Crippen MR) is 108 cm³/mol. The first kappa shape index (κ1) is 20.3. The Morgan fingerprint density at radius 3 is 2.52 bits per heavy atom. The number of rotatable bonds is 7. The molecular formula is C21H19NO6S. The minimum Gasteiger partial charge on any atom is -0.493 e. The molecule has 0 aromatic heterocycles. The third-order valence-corrected chi connectivity index (χ3v) is 5.38. The number of hydrogen-bond acceptors (Lipinski definition) is 7. The monoisotopic (exact) mass is 413 g/mol. The molecule has 3 rings (SSSR count). The summed E-state index contributed by atoms with van der Waals surface area (Å²) in [6.45, 7) is 5.37. The first-order valence-electron chi connectivity index (χ1n) is 8.65. The van der Waals surface area contributed by atoms with Crippen LogP contribution in [0.5, 0.6) is 11.5 Å². The van der Waals surface area contributed by atoms with E-state index in [1.807, 2.05) is 0 Å². The van der Waals surface area contributed by atoms with Crippen molar-refractivity contribution in [2.75, 3.05) is 7.11 Å². The smallest absolute Gasteiger partial charge is 0.367 e. The molecule has 0 amide bonds. The predicted octanol–water partition coefficient (Wildman–Crippen LogP) is 3.51. The molecule has 1 heterocycles. The van der Waals surface area contributed by atoms with Crippen LogP contribution in [0.1, 0.15) is 18.1 Å². The van der Waals surface area contributed by atoms with E-state index in [0.29, 0.717) is 28.8 Å². The number of carbonyl (C=O) groups is 1. The molecule has 0 spiro atoms. The average Bonchev–Trinajstić information content (AvgIpc) is 3.02. The van der Waals surface area contributed by atoms with Gasteiger partial charge in [0, 0.05) is 5.56 Å². The molecule has 29 heavy (non-hydrogen) atoms. The number of ether oxygens (including phenoxy) is 1. The Hall–Kier alpha value is -3.39. The average molecular weight is 413 g/mol. The number of methoxy groups -OCH3 is 1. The highest BCUT2D eigenvalue weighted by Gasteiger charge is 2.24. The molecule has 0 atom stereocenters. The third-order valence-electron chi connectivity index (χ3n) is 4.15. The van der Waals surface area contributed by atoms with Gasteiger partial charge in [-0.05, 0) is 49.2 Å². The van der Waals surface area contributed by atoms with E-state index in [4.69, 9.17) is 8.92 Å². The fourth-order valence-corrected chi connectivity index (χ4v) is 3.75. The molecule has 1 aliphatic rings. The zero-order valence-electron chi connectivity index (χ0n) is 15.9. The maximum Gasteiger partial charge on any atom is 0.367 e. The number of carbonyl (C=O) groups excluding carboxylic acids is 1. The van der Waals surface area contributed by atoms with Gasteiger partial charge in [-0.15, -0.1) is 6.58 Å². The van der Waals surface area contributed by atoms with Crippen LogP contribution < -0.4 is 8.92 Å². The molecule has 2 aromatic rings. The summed E-state index contributed by atoms with van der Waals surface area (Å²) in [6, 6.07) is 11.1. The van der Waals surface area contributed by atoms with Crippen LogP contribution >= 0.6 is 0 Å². The van der Waals surface area contributed by atoms with E-state index in [2.05, 4.69) is 16.6 Å². The molecule has 0 saturated heterocycles. The van der Waals surface area contributed by atoms with Gasteiger partial charge in [-0.1, -0.05) is 29.4 Å². The normalized spacial score (nSPS) is 15.0. The summed E-state index contributed by atoms with van der Waals surface area (Å²) < 4.78 is 36.2. The number of oxime groups is 1. The Balaban J connectivity index is 2.08. The summed E-state index contributed by atoms with van der Waals surface area (Å²) in [5, 5.41) is 3.64. The van der Waals surface area contributed by atoms with E-state index in [1.54, 1.807) is 49.4 Å². The molecule has 0 N–H and O–H groups in total. The minimum atomic E-state index is -4.06. The Kier molecular flexibility index (Phi) is 5.84. The molecule has 8 heteroatoms. The number of nitrogens with zero attached hydrogens (tertiary/aromatic N) is 1. The van der Waals surface area contributed by atoms with E-state index in [-0.39, 0.29) is 16.4 Å². The van der Waals surface area contributed by atoms with Gasteiger partial charge in [0.15, 0.2) is 11.5 Å². The highest BCUT2D eigenvalue weighted by molar-refractivity contribution is 7.87. The van der Waals surface area contributed by atoms with Crippen molar-refractivity contribution in [2.45, 2.75) is 18.2 Å². The highest BCUT2D eigenvalue weighted by atomic mass is 32.2. The van der Waals surface area contributed by atoms with Crippen LogP contribution in [0.2, 0.25) is 0 Å². The summed E-state index contributed by atoms with van der Waals surface area (Å²) in [5.74, 6) is -0.284. The van der Waals surface area contributed by atoms with Crippen LogP contribution in [0.4, 0.5) is 0 Å². The van der Waals surface area contributed by atoms with E-state index >= 15 is 0 Å². The molecular weight excluding hydrogens is 394 g/mol. The van der Waals surface area contributed by atoms with Crippen molar-refractivity contribution in [3.8, 4) is 11.5 Å². The minimum absolute atomic E-state index is 0.0262. The molecule has 150 valence electrons. The van der Waals surface area contributed by atoms with Gasteiger partial charge in [-0.2, -0.15) is 8.42 Å². The van der Waals surface area contributed by atoms with Crippen molar-refractivity contribution in [3.05, 3.63) is 71.8 Å². The summed E-state index contributed by atoms with van der Waals surface area (Å²) in [7, 11) is -2.66. The van der Waals surface area contributed by atoms with Gasteiger partial charge in [-0.25, -0.2) is 4.79 Å². The lowest BCUT2D eigenvalue weighted by Crippen LogP contribution is -2.12. The highest BCUT2D eigenvalue weighted by Crippen LogP contribution is 2.36. The largest absolute Gasteiger partial charge is 0.493 e. The van der Waals surface area contributed by atoms with Crippen LogP contribution in [0.3, 0.4) is 0 Å². The zero-order chi connectivity index (χ0) is 21.0. The van der Waals surface area contributed by atoms with Crippen LogP contribution in [0, 0.1) is 0 Å². The molecule has 1 aliphatic heterocycles. The molecule has 0 radical (unpaired) electrons. The number of hydrogen-bond donors (Lipinski definition) is 0. The van der Waals surface area contributed by atoms with E-state index < -0.39 is 16.1 Å². The topological polar surface area (TPSA) is 91.3 Å². The Labute approximate surface area is 169 Å². The Morgan fingerprint density at radius 2 is 1.93 bits per heavy atom. The third kappa shape index (κ3) is 4.38. The molecule has 2 aromatic carbocycles. The Morgan fingerprint density at radius 1 is 1.21 bits per heavy atom. The van der Waals surface area contributed by atoms with Gasteiger partial charge in [-0.3, -0.25) is 0 Å². The van der Waals surface area contributed by atoms with Gasteiger partial charge in [0.25, 0.3) is 0 Å². The molecule has 0 saturated carbocycles. The zero-order valence-corrected chi connectivity index (χ0v) is 16.7. The second kappa shape index (κ2) is 8.32. The maximum atomic E-state index is 12.7. The van der Waals surface area contributed by atoms with Gasteiger partial charge >= 0.3 is 16.1 Å². The van der Waals surface area contributed by atoms with Crippen molar-refractivity contribution in [1.82, 2.24) is 0 Å². The first-order valence-corrected chi connectivity index (χ1v) is 10.1. The SMILES string of the molecule is C=CCc1cc(/C=C2\C(=O)ON=C2C)cc(OC)c1OS(=O)(=O)c1ccccc1. The fourth-order valence-electron chi connectivity index (χ4n) is 2.75. The summed E-state index contributed by atoms with van der Waals surface area (Å²) in [6.07, 6.45) is 3.54. The summed E-state index contributed by atoms with van der Waals surface area (Å²) in [5.41, 5.74) is 1.90. The van der Waals surface area contributed by atoms with E-state index in [9.17, 15) is 13.2 Å². The van der Waals surface area contributed by atoms with Crippen molar-refractivity contribution in [1.29, 1.82) is 0 Å². The Bertz CT molecular complexity index is 1120. The standard InChI is InChI=1S/C21H19NO6S/c1-4-8-16-11-15(12-18-14(2)22-27-21(18)23)13-19(26-3)20(16)28-29(24,25)17-9-6-5-7-10-17/h4-7,9-13H,1,8H2,2-3H3/b18-12-. The van der Waals surface area contributed by atoms with Gasteiger partial charge < -0.3 is 13.8 Å². The van der Waals surface area contributed by atoms with E-state index in [0.717, 1.165) is 0 Å². The van der Waals surface area contributed by atoms with Crippen molar-refractivity contribution >= 4 is 27.9 Å². The molecule has 0 unspecified atom stereocenters. The molecule has 7 nitrogen and oxygen atoms in total. The molecule has 0 bridgehead atoms. The van der Waals surface area contributed by atoms with Crippen LogP contribution in [-0.2, 0) is 26.2 Å². The second-order valence-electron chi connectivity index (χ2n) is 6.17. The molecule has 0 fully saturated rings. The summed E-state index contributed by atoms with van der Waals surface area (Å²) >= 11 is 0. The second-order valence-corrected chi connectivity index (χ2v) is 7.71. The lowest BCUT2D eigenvalue weighted by molar-refractivity contribution is -0.136. The maximum absolute atomic E-state index is 12.7. The fraction of sp³-hybridized carbons (Fsp3) is 0.143. The lowest BCUT2D eigenvalue weighted by atomic mass is 10.0. The van der Waals surface area contributed by atoms with E-state index in [1.165, 1.54) is 19.2 Å². The van der Waals surface area contributed by atoms with Crippen LogP contribution in [-0.4, -0.2) is 27.2 Å². The van der Waals surface area contributed by atoms with Crippen LogP contribution in [0.15, 0.2) is 70.7 Å². The quantitative estimate of drug-likeness (QED) is 0.299. The van der Waals surface area contributed by atoms with Gasteiger partial charge in [0.1, 0.15) is 4.90 Å². The lowest BCUT2D eigenvalue weighted by Gasteiger charge is -2.15.